The van der Waals surface area contributed by atoms with Gasteiger partial charge in [0.25, 0.3) is 0 Å². The Balaban J connectivity index is 3.40. The lowest BCUT2D eigenvalue weighted by Crippen LogP contribution is -2.05. The molecule has 24 heavy (non-hydrogen) atoms. The minimum Gasteiger partial charge on any atom is -0.391 e. The molecule has 0 aliphatic rings. The number of hydrogen-bond donors (Lipinski definition) is 2. The molecule has 1 aromatic rings. The van der Waals surface area contributed by atoms with Gasteiger partial charge >= 0.3 is 0 Å². The predicted molar refractivity (Wildman–Crippen MR) is 107 cm³/mol. The molecule has 0 heterocycles. The van der Waals surface area contributed by atoms with E-state index in [1.807, 2.05) is 20.0 Å². The Hall–Kier alpha value is -2.16. The molecule has 3 heteroatoms. The fourth-order valence-corrected chi connectivity index (χ4v) is 2.62. The van der Waals surface area contributed by atoms with Crippen LogP contribution in [0.25, 0.3) is 5.70 Å². The molecule has 0 aliphatic carbocycles. The van der Waals surface area contributed by atoms with Crippen molar-refractivity contribution in [3.8, 4) is 0 Å². The van der Waals surface area contributed by atoms with E-state index in [4.69, 9.17) is 10.4 Å². The van der Waals surface area contributed by atoms with Gasteiger partial charge in [-0.2, -0.15) is 0 Å². The zero-order chi connectivity index (χ0) is 18.1. The summed E-state index contributed by atoms with van der Waals surface area (Å²) >= 11 is 0. The van der Waals surface area contributed by atoms with E-state index >= 15 is 0 Å². The number of hydrogen-bond acceptors (Lipinski definition) is 3. The van der Waals surface area contributed by atoms with E-state index in [-0.39, 0.29) is 0 Å². The van der Waals surface area contributed by atoms with Crippen LogP contribution in [0.4, 0.5) is 0 Å². The van der Waals surface area contributed by atoms with E-state index in [0.29, 0.717) is 0 Å². The molecule has 0 aliphatic heterocycles. The van der Waals surface area contributed by atoms with E-state index in [9.17, 15) is 0 Å². The Morgan fingerprint density at radius 1 is 1.21 bits per heavy atom. The summed E-state index contributed by atoms with van der Waals surface area (Å²) in [6.07, 6.45) is 5.05. The lowest BCUT2D eigenvalue weighted by Gasteiger charge is -2.14. The van der Waals surface area contributed by atoms with Crippen molar-refractivity contribution in [2.45, 2.75) is 54.4 Å². The summed E-state index contributed by atoms with van der Waals surface area (Å²) in [6.45, 7) is 13.4. The zero-order valence-corrected chi connectivity index (χ0v) is 16.0. The van der Waals surface area contributed by atoms with Gasteiger partial charge in [0.05, 0.1) is 5.70 Å². The first kappa shape index (κ1) is 19.9. The normalized spacial score (nSPS) is 12.5. The maximum atomic E-state index is 7.63. The van der Waals surface area contributed by atoms with Gasteiger partial charge < -0.3 is 10.7 Å². The molecule has 0 saturated carbocycles. The van der Waals surface area contributed by atoms with Crippen molar-refractivity contribution in [3.05, 3.63) is 52.2 Å². The molecule has 1 aromatic carbocycles. The van der Waals surface area contributed by atoms with Crippen LogP contribution >= 0.6 is 0 Å². The summed E-state index contributed by atoms with van der Waals surface area (Å²) in [5.41, 5.74) is 8.02. The van der Waals surface area contributed by atoms with Gasteiger partial charge in [0, 0.05) is 30.2 Å². The maximum absolute atomic E-state index is 7.63. The van der Waals surface area contributed by atoms with Gasteiger partial charge in [0.15, 0.2) is 0 Å². The summed E-state index contributed by atoms with van der Waals surface area (Å²) in [5, 5.41) is 10.8. The Morgan fingerprint density at radius 2 is 1.92 bits per heavy atom. The molecular formula is C21H31N3. The smallest absolute Gasteiger partial charge is 0.0696 e. The summed E-state index contributed by atoms with van der Waals surface area (Å²) in [4.78, 5) is 4.83. The van der Waals surface area contributed by atoms with Crippen LogP contribution in [0.15, 0.2) is 40.5 Å². The van der Waals surface area contributed by atoms with E-state index in [2.05, 4.69) is 51.2 Å². The third kappa shape index (κ3) is 5.80. The molecule has 0 unspecified atom stereocenters. The lowest BCUT2D eigenvalue weighted by atomic mass is 9.95. The summed E-state index contributed by atoms with van der Waals surface area (Å²) in [5.74, 6) is 0. The fourth-order valence-electron chi connectivity index (χ4n) is 2.62. The second-order valence-corrected chi connectivity index (χ2v) is 6.30. The lowest BCUT2D eigenvalue weighted by molar-refractivity contribution is 0.907. The minimum absolute atomic E-state index is 0.722. The highest BCUT2D eigenvalue weighted by atomic mass is 14.8. The molecule has 0 radical (unpaired) electrons. The zero-order valence-electron chi connectivity index (χ0n) is 16.0. The van der Waals surface area contributed by atoms with Crippen molar-refractivity contribution in [1.82, 2.24) is 5.32 Å². The molecule has 0 fully saturated rings. The van der Waals surface area contributed by atoms with Crippen LogP contribution < -0.4 is 5.32 Å². The SMILES string of the molecule is CCN/C=C(\C=N)C/C(C)=C(/N=C(C)C)c1ccc(C)cc1CC. The van der Waals surface area contributed by atoms with Crippen molar-refractivity contribution >= 4 is 17.6 Å². The number of nitrogens with zero attached hydrogens (tertiary/aromatic N) is 1. The largest absolute Gasteiger partial charge is 0.391 e. The number of allylic oxidation sites excluding steroid dienone is 2. The molecule has 0 bridgehead atoms. The monoisotopic (exact) mass is 325 g/mol. The van der Waals surface area contributed by atoms with Crippen LogP contribution in [-0.4, -0.2) is 18.5 Å². The summed E-state index contributed by atoms with van der Waals surface area (Å²) < 4.78 is 0. The third-order valence-corrected chi connectivity index (χ3v) is 3.78. The van der Waals surface area contributed by atoms with Crippen LogP contribution in [0.3, 0.4) is 0 Å². The third-order valence-electron chi connectivity index (χ3n) is 3.78. The highest BCUT2D eigenvalue weighted by molar-refractivity contribution is 5.88. The topological polar surface area (TPSA) is 48.2 Å². The van der Waals surface area contributed by atoms with Crippen LogP contribution in [0.5, 0.6) is 0 Å². The predicted octanol–water partition coefficient (Wildman–Crippen LogP) is 5.30. The Kier molecular flexibility index (Phi) is 8.17. The van der Waals surface area contributed by atoms with Gasteiger partial charge in [-0.15, -0.1) is 0 Å². The minimum atomic E-state index is 0.722. The van der Waals surface area contributed by atoms with Gasteiger partial charge in [0.2, 0.25) is 0 Å². The van der Waals surface area contributed by atoms with Crippen LogP contribution in [0.1, 0.15) is 57.7 Å². The van der Waals surface area contributed by atoms with Crippen molar-refractivity contribution in [3.63, 3.8) is 0 Å². The first-order valence-electron chi connectivity index (χ1n) is 8.67. The van der Waals surface area contributed by atoms with Gasteiger partial charge in [0.1, 0.15) is 0 Å². The summed E-state index contributed by atoms with van der Waals surface area (Å²) in [6, 6.07) is 6.57. The Bertz CT molecular complexity index is 660. The quantitative estimate of drug-likeness (QED) is 0.626. The number of aryl methyl sites for hydroxylation is 2. The van der Waals surface area contributed by atoms with Crippen LogP contribution in [-0.2, 0) is 6.42 Å². The first-order chi connectivity index (χ1) is 11.4. The first-order valence-corrected chi connectivity index (χ1v) is 8.67. The van der Waals surface area contributed by atoms with Crippen molar-refractivity contribution in [1.29, 1.82) is 5.41 Å². The Morgan fingerprint density at radius 3 is 2.46 bits per heavy atom. The van der Waals surface area contributed by atoms with E-state index in [0.717, 1.165) is 36.4 Å². The molecule has 130 valence electrons. The fraction of sp³-hybridized carbons (Fsp3) is 0.429. The molecule has 0 atom stereocenters. The number of rotatable bonds is 8. The number of nitrogens with one attached hydrogen (secondary N) is 2. The molecular weight excluding hydrogens is 294 g/mol. The molecule has 1 rings (SSSR count). The van der Waals surface area contributed by atoms with E-state index in [1.165, 1.54) is 28.5 Å². The second kappa shape index (κ2) is 9.86. The van der Waals surface area contributed by atoms with Crippen molar-refractivity contribution in [2.75, 3.05) is 6.54 Å². The second-order valence-electron chi connectivity index (χ2n) is 6.30. The molecule has 0 amide bonds. The molecule has 0 spiro atoms. The van der Waals surface area contributed by atoms with Gasteiger partial charge in [-0.25, -0.2) is 0 Å². The average molecular weight is 326 g/mol. The molecule has 3 nitrogen and oxygen atoms in total. The molecule has 0 saturated heterocycles. The average Bonchev–Trinajstić information content (AvgIpc) is 2.56. The van der Waals surface area contributed by atoms with E-state index in [1.54, 1.807) is 0 Å². The molecule has 2 N–H and O–H groups in total. The summed E-state index contributed by atoms with van der Waals surface area (Å²) in [7, 11) is 0. The van der Waals surface area contributed by atoms with Gasteiger partial charge in [-0.05, 0) is 64.2 Å². The van der Waals surface area contributed by atoms with Crippen LogP contribution in [0, 0.1) is 12.3 Å². The highest BCUT2D eigenvalue weighted by Crippen LogP contribution is 2.28. The number of benzene rings is 1. The van der Waals surface area contributed by atoms with Gasteiger partial charge in [-0.1, -0.05) is 30.7 Å². The Labute approximate surface area is 147 Å². The molecule has 0 aromatic heterocycles. The van der Waals surface area contributed by atoms with Crippen molar-refractivity contribution in [2.24, 2.45) is 4.99 Å². The highest BCUT2D eigenvalue weighted by Gasteiger charge is 2.11. The number of aliphatic imine (C=N–C) groups is 1. The van der Waals surface area contributed by atoms with Gasteiger partial charge in [-0.3, -0.25) is 4.99 Å². The van der Waals surface area contributed by atoms with Crippen molar-refractivity contribution < 1.29 is 0 Å². The van der Waals surface area contributed by atoms with E-state index < -0.39 is 0 Å². The van der Waals surface area contributed by atoms with Crippen LogP contribution in [0.2, 0.25) is 0 Å². The standard InChI is InChI=1S/C21H31N3/c1-7-19-11-16(5)9-10-20(19)21(24-15(3)4)17(6)12-18(13-22)14-23-8-2/h9-11,13-14,22-23H,7-8,12H2,1-6H3/b18-14-,21-17+,22-13?. The maximum Gasteiger partial charge on any atom is 0.0696 e.